The van der Waals surface area contributed by atoms with Crippen molar-refractivity contribution in [1.82, 2.24) is 4.98 Å². The first-order valence-electron chi connectivity index (χ1n) is 9.68. The van der Waals surface area contributed by atoms with Gasteiger partial charge < -0.3 is 0 Å². The maximum Gasteiger partial charge on any atom is 0.142 e. The first-order valence-corrected chi connectivity index (χ1v) is 11.3. The number of pyridine rings is 1. The lowest BCUT2D eigenvalue weighted by atomic mass is 9.91. The van der Waals surface area contributed by atoms with Crippen LogP contribution < -0.4 is 0 Å². The molecule has 2 aromatic heterocycles. The van der Waals surface area contributed by atoms with E-state index in [1.165, 1.54) is 46.4 Å². The molecule has 2 heterocycles. The molecule has 0 fully saturated rings. The van der Waals surface area contributed by atoms with Crippen LogP contribution in [0.15, 0.2) is 42.5 Å². The molecule has 29 heavy (non-hydrogen) atoms. The monoisotopic (exact) mass is 441 g/mol. The molecule has 146 valence electrons. The fourth-order valence-corrected chi connectivity index (χ4v) is 5.92. The molecule has 4 aromatic rings. The van der Waals surface area contributed by atoms with Crippen molar-refractivity contribution in [2.75, 3.05) is 0 Å². The fraction of sp³-hybridized carbons (Fsp3) is 0.208. The molecule has 0 radical (unpaired) electrons. The average Bonchev–Trinajstić information content (AvgIpc) is 3.08. The zero-order chi connectivity index (χ0) is 20.1. The first-order chi connectivity index (χ1) is 14.0. The number of fused-ring (bicyclic) bond motifs is 3. The van der Waals surface area contributed by atoms with E-state index in [2.05, 4.69) is 31.2 Å². The summed E-state index contributed by atoms with van der Waals surface area (Å²) in [5, 5.41) is 1.66. The van der Waals surface area contributed by atoms with Crippen LogP contribution in [0.5, 0.6) is 0 Å². The highest BCUT2D eigenvalue weighted by molar-refractivity contribution is 7.19. The lowest BCUT2D eigenvalue weighted by Crippen LogP contribution is -1.99. The van der Waals surface area contributed by atoms with Crippen LogP contribution in [0.1, 0.15) is 28.8 Å². The summed E-state index contributed by atoms with van der Waals surface area (Å²) in [6, 6.07) is 13.4. The van der Waals surface area contributed by atoms with Crippen LogP contribution in [-0.2, 0) is 12.8 Å². The van der Waals surface area contributed by atoms with Crippen molar-refractivity contribution < 1.29 is 4.39 Å². The van der Waals surface area contributed by atoms with Gasteiger partial charge in [0, 0.05) is 15.8 Å². The van der Waals surface area contributed by atoms with Gasteiger partial charge in [-0.3, -0.25) is 0 Å². The minimum absolute atomic E-state index is 0.0188. The molecule has 0 atom stereocenters. The summed E-state index contributed by atoms with van der Waals surface area (Å²) in [6.45, 7) is 2.09. The molecule has 0 bridgehead atoms. The van der Waals surface area contributed by atoms with Crippen LogP contribution in [0.2, 0.25) is 10.0 Å². The van der Waals surface area contributed by atoms with Crippen molar-refractivity contribution in [3.63, 3.8) is 0 Å². The van der Waals surface area contributed by atoms with Crippen LogP contribution in [0.4, 0.5) is 4.39 Å². The van der Waals surface area contributed by atoms with Gasteiger partial charge >= 0.3 is 0 Å². The number of rotatable bonds is 2. The maximum atomic E-state index is 14.2. The predicted molar refractivity (Wildman–Crippen MR) is 122 cm³/mol. The van der Waals surface area contributed by atoms with E-state index in [1.807, 2.05) is 6.07 Å². The highest BCUT2D eigenvalue weighted by Gasteiger charge is 2.22. The molecule has 0 amide bonds. The Bertz CT molecular complexity index is 1260. The summed E-state index contributed by atoms with van der Waals surface area (Å²) < 4.78 is 14.2. The Balaban J connectivity index is 1.83. The number of hydrogen-bond donors (Lipinski definition) is 0. The van der Waals surface area contributed by atoms with Gasteiger partial charge in [0.2, 0.25) is 0 Å². The molecule has 5 rings (SSSR count). The van der Waals surface area contributed by atoms with E-state index < -0.39 is 5.82 Å². The van der Waals surface area contributed by atoms with Crippen LogP contribution in [0, 0.1) is 12.7 Å². The summed E-state index contributed by atoms with van der Waals surface area (Å²) in [5.74, 6) is -0.490. The SMILES string of the molecule is Cc1cccc(-c2cc(-c3cc(F)c(Cl)cc3Cl)nc3sc4c(c23)CCCC4)c1. The third kappa shape index (κ3) is 3.35. The molecule has 2 aromatic carbocycles. The molecule has 0 N–H and O–H groups in total. The third-order valence-electron chi connectivity index (χ3n) is 5.54. The third-order valence-corrected chi connectivity index (χ3v) is 7.33. The van der Waals surface area contributed by atoms with Crippen LogP contribution in [0.25, 0.3) is 32.6 Å². The first kappa shape index (κ1) is 19.0. The summed E-state index contributed by atoms with van der Waals surface area (Å²) in [7, 11) is 0. The Hall–Kier alpha value is -1.94. The quantitative estimate of drug-likeness (QED) is 0.285. The largest absolute Gasteiger partial charge is 0.237 e. The number of benzene rings is 2. The van der Waals surface area contributed by atoms with Gasteiger partial charge in [0.05, 0.1) is 15.7 Å². The van der Waals surface area contributed by atoms with E-state index in [1.54, 1.807) is 11.3 Å². The standard InChI is InChI=1S/C24H18Cl2FNS/c1-13-5-4-6-14(9-13)16-11-21(17-10-20(27)19(26)12-18(17)25)28-24-23(16)15-7-2-3-8-22(15)29-24/h4-6,9-12H,2-3,7-8H2,1H3. The van der Waals surface area contributed by atoms with Crippen LogP contribution in [-0.4, -0.2) is 4.98 Å². The molecule has 1 nitrogen and oxygen atoms in total. The number of thiophene rings is 1. The topological polar surface area (TPSA) is 12.9 Å². The number of aryl methyl sites for hydroxylation is 3. The van der Waals surface area contributed by atoms with E-state index >= 15 is 0 Å². The lowest BCUT2D eigenvalue weighted by molar-refractivity contribution is 0.628. The molecular weight excluding hydrogens is 424 g/mol. The zero-order valence-corrected chi connectivity index (χ0v) is 18.2. The van der Waals surface area contributed by atoms with Crippen LogP contribution >= 0.6 is 34.5 Å². The minimum atomic E-state index is -0.490. The van der Waals surface area contributed by atoms with Gasteiger partial charge in [-0.05, 0) is 67.5 Å². The molecule has 0 saturated carbocycles. The van der Waals surface area contributed by atoms with E-state index in [0.717, 1.165) is 28.8 Å². The van der Waals surface area contributed by atoms with Gasteiger partial charge in [-0.15, -0.1) is 11.3 Å². The molecule has 5 heteroatoms. The van der Waals surface area contributed by atoms with Crippen molar-refractivity contribution in [2.24, 2.45) is 0 Å². The van der Waals surface area contributed by atoms with Crippen molar-refractivity contribution in [2.45, 2.75) is 32.6 Å². The van der Waals surface area contributed by atoms with E-state index in [-0.39, 0.29) is 5.02 Å². The Morgan fingerprint density at radius 1 is 0.966 bits per heavy atom. The average molecular weight is 442 g/mol. The Morgan fingerprint density at radius 3 is 2.62 bits per heavy atom. The highest BCUT2D eigenvalue weighted by Crippen LogP contribution is 2.43. The summed E-state index contributed by atoms with van der Waals surface area (Å²) in [6.07, 6.45) is 4.63. The van der Waals surface area contributed by atoms with Crippen molar-refractivity contribution >= 4 is 44.8 Å². The van der Waals surface area contributed by atoms with E-state index in [9.17, 15) is 4.39 Å². The second-order valence-electron chi connectivity index (χ2n) is 7.56. The summed E-state index contributed by atoms with van der Waals surface area (Å²) in [4.78, 5) is 7.34. The zero-order valence-electron chi connectivity index (χ0n) is 15.9. The molecule has 0 unspecified atom stereocenters. The van der Waals surface area contributed by atoms with Crippen molar-refractivity contribution in [3.05, 3.63) is 74.3 Å². The normalized spacial score (nSPS) is 13.7. The van der Waals surface area contributed by atoms with Gasteiger partial charge in [0.15, 0.2) is 0 Å². The number of nitrogens with zero attached hydrogens (tertiary/aromatic N) is 1. The van der Waals surface area contributed by atoms with Gasteiger partial charge in [0.1, 0.15) is 10.6 Å². The van der Waals surface area contributed by atoms with Crippen LogP contribution in [0.3, 0.4) is 0 Å². The van der Waals surface area contributed by atoms with Gasteiger partial charge in [0.25, 0.3) is 0 Å². The fourth-order valence-electron chi connectivity index (χ4n) is 4.16. The minimum Gasteiger partial charge on any atom is -0.237 e. The Labute approximate surface area is 183 Å². The molecular formula is C24H18Cl2FNS. The number of halogens is 3. The molecule has 1 aliphatic carbocycles. The molecule has 0 spiro atoms. The second kappa shape index (κ2) is 7.39. The lowest BCUT2D eigenvalue weighted by Gasteiger charge is -2.14. The van der Waals surface area contributed by atoms with Crippen molar-refractivity contribution in [3.8, 4) is 22.4 Å². The van der Waals surface area contributed by atoms with E-state index in [4.69, 9.17) is 28.2 Å². The summed E-state index contributed by atoms with van der Waals surface area (Å²) >= 11 is 14.1. The Morgan fingerprint density at radius 2 is 1.79 bits per heavy atom. The molecule has 0 saturated heterocycles. The van der Waals surface area contributed by atoms with E-state index in [0.29, 0.717) is 16.3 Å². The maximum absolute atomic E-state index is 14.2. The van der Waals surface area contributed by atoms with Gasteiger partial charge in [-0.25, -0.2) is 9.37 Å². The molecule has 0 aliphatic heterocycles. The number of aromatic nitrogens is 1. The highest BCUT2D eigenvalue weighted by atomic mass is 35.5. The summed E-state index contributed by atoms with van der Waals surface area (Å²) in [5.41, 5.74) is 6.16. The van der Waals surface area contributed by atoms with Crippen molar-refractivity contribution in [1.29, 1.82) is 0 Å². The predicted octanol–water partition coefficient (Wildman–Crippen LogP) is 8.26. The molecule has 1 aliphatic rings. The number of hydrogen-bond acceptors (Lipinski definition) is 2. The smallest absolute Gasteiger partial charge is 0.142 e. The second-order valence-corrected chi connectivity index (χ2v) is 9.46. The van der Waals surface area contributed by atoms with Gasteiger partial charge in [-0.2, -0.15) is 0 Å². The Kier molecular flexibility index (Phi) is 4.85. The van der Waals surface area contributed by atoms with Gasteiger partial charge in [-0.1, -0.05) is 53.0 Å².